The van der Waals surface area contributed by atoms with E-state index in [-0.39, 0.29) is 11.5 Å². The summed E-state index contributed by atoms with van der Waals surface area (Å²) in [6.07, 6.45) is 0. The van der Waals surface area contributed by atoms with Gasteiger partial charge in [0.05, 0.1) is 17.0 Å². The third-order valence-corrected chi connectivity index (χ3v) is 7.14. The fourth-order valence-electron chi connectivity index (χ4n) is 3.33. The summed E-state index contributed by atoms with van der Waals surface area (Å²) in [4.78, 5) is 2.45. The molecule has 0 unspecified atom stereocenters. The van der Waals surface area contributed by atoms with E-state index in [1.165, 1.54) is 0 Å². The smallest absolute Gasteiger partial charge is 0.243 e. The number of nitrogens with zero attached hydrogens (tertiary/aromatic N) is 3. The lowest BCUT2D eigenvalue weighted by Gasteiger charge is -2.35. The van der Waals surface area contributed by atoms with Crippen LogP contribution < -0.4 is 0 Å². The van der Waals surface area contributed by atoms with Crippen LogP contribution in [-0.4, -0.2) is 49.8 Å². The predicted molar refractivity (Wildman–Crippen MR) is 100 cm³/mol. The van der Waals surface area contributed by atoms with Crippen molar-refractivity contribution in [3.63, 3.8) is 0 Å². The summed E-state index contributed by atoms with van der Waals surface area (Å²) in [5.41, 5.74) is 2.74. The molecule has 0 N–H and O–H groups in total. The van der Waals surface area contributed by atoms with E-state index < -0.39 is 10.0 Å². The Morgan fingerprint density at radius 2 is 1.56 bits per heavy atom. The normalized spacial score (nSPS) is 18.8. The van der Waals surface area contributed by atoms with E-state index in [9.17, 15) is 8.42 Å². The number of hydrogen-bond acceptors (Lipinski definition) is 4. The quantitative estimate of drug-likeness (QED) is 0.828. The van der Waals surface area contributed by atoms with Gasteiger partial charge in [-0.2, -0.15) is 9.57 Å². The van der Waals surface area contributed by atoms with Crippen LogP contribution in [0.5, 0.6) is 0 Å². The van der Waals surface area contributed by atoms with Crippen molar-refractivity contribution in [3.8, 4) is 6.07 Å². The maximum Gasteiger partial charge on any atom is 0.243 e. The molecule has 6 heteroatoms. The van der Waals surface area contributed by atoms with Gasteiger partial charge in [0.25, 0.3) is 0 Å². The highest BCUT2D eigenvalue weighted by molar-refractivity contribution is 7.89. The van der Waals surface area contributed by atoms with Crippen LogP contribution in [0.1, 0.15) is 44.4 Å². The largest absolute Gasteiger partial charge is 0.286 e. The Morgan fingerprint density at radius 1 is 1.08 bits per heavy atom. The van der Waals surface area contributed by atoms with Gasteiger partial charge in [-0.15, -0.1) is 0 Å². The summed E-state index contributed by atoms with van der Waals surface area (Å²) in [6, 6.07) is 6.02. The van der Waals surface area contributed by atoms with E-state index in [0.717, 1.165) is 16.7 Å². The van der Waals surface area contributed by atoms with E-state index in [1.54, 1.807) is 4.31 Å². The second kappa shape index (κ2) is 7.06. The average Bonchev–Trinajstić information content (AvgIpc) is 2.52. The van der Waals surface area contributed by atoms with E-state index in [4.69, 9.17) is 5.26 Å². The molecule has 0 bridgehead atoms. The molecule has 25 heavy (non-hydrogen) atoms. The van der Waals surface area contributed by atoms with Gasteiger partial charge in [-0.25, -0.2) is 8.42 Å². The molecule has 0 radical (unpaired) electrons. The molecule has 0 aromatic heterocycles. The van der Waals surface area contributed by atoms with Gasteiger partial charge in [-0.1, -0.05) is 32.9 Å². The molecule has 0 amide bonds. The molecule has 0 spiro atoms. The first-order valence-electron chi connectivity index (χ1n) is 8.74. The molecule has 0 aliphatic carbocycles. The molecule has 0 saturated carbocycles. The van der Waals surface area contributed by atoms with Crippen molar-refractivity contribution in [1.29, 1.82) is 5.26 Å². The standard InChI is InChI=1S/C19H29N3O2S/c1-14-11-17(19(4,5)6)12-15(2)18(14)25(23,24)22-9-7-21(8-10-22)16(3)13-20/h11-12,16H,7-10H2,1-6H3/t16-/m1/s1. The molecule has 1 fully saturated rings. The van der Waals surface area contributed by atoms with Gasteiger partial charge in [-0.05, 0) is 42.9 Å². The van der Waals surface area contributed by atoms with Gasteiger partial charge in [0.2, 0.25) is 10.0 Å². The molecule has 138 valence electrons. The van der Waals surface area contributed by atoms with E-state index in [0.29, 0.717) is 31.1 Å². The maximum atomic E-state index is 13.2. The van der Waals surface area contributed by atoms with Crippen molar-refractivity contribution < 1.29 is 8.42 Å². The zero-order valence-corrected chi connectivity index (χ0v) is 16.9. The fraction of sp³-hybridized carbons (Fsp3) is 0.632. The Balaban J connectivity index is 2.31. The van der Waals surface area contributed by atoms with Crippen LogP contribution in [0.4, 0.5) is 0 Å². The number of piperazine rings is 1. The molecule has 1 aromatic carbocycles. The minimum atomic E-state index is -3.52. The Bertz CT molecular complexity index is 757. The molecular weight excluding hydrogens is 334 g/mol. The summed E-state index contributed by atoms with van der Waals surface area (Å²) < 4.78 is 27.9. The first-order chi connectivity index (χ1) is 11.5. The third-order valence-electron chi connectivity index (χ3n) is 4.93. The van der Waals surface area contributed by atoms with E-state index in [2.05, 4.69) is 26.8 Å². The minimum Gasteiger partial charge on any atom is -0.286 e. The topological polar surface area (TPSA) is 64.4 Å². The molecule has 1 atom stereocenters. The lowest BCUT2D eigenvalue weighted by atomic mass is 9.85. The highest BCUT2D eigenvalue weighted by Gasteiger charge is 2.32. The first kappa shape index (κ1) is 19.9. The molecular formula is C19H29N3O2S. The molecule has 1 heterocycles. The van der Waals surface area contributed by atoms with Gasteiger partial charge in [0.1, 0.15) is 0 Å². The lowest BCUT2D eigenvalue weighted by Crippen LogP contribution is -2.51. The monoisotopic (exact) mass is 363 g/mol. The Labute approximate surface area is 152 Å². The maximum absolute atomic E-state index is 13.2. The van der Waals surface area contributed by atoms with Crippen molar-refractivity contribution in [2.24, 2.45) is 0 Å². The number of sulfonamides is 1. The van der Waals surface area contributed by atoms with Gasteiger partial charge in [0, 0.05) is 26.2 Å². The van der Waals surface area contributed by atoms with Crippen LogP contribution in [0.15, 0.2) is 17.0 Å². The van der Waals surface area contributed by atoms with Crippen LogP contribution in [0, 0.1) is 25.2 Å². The third kappa shape index (κ3) is 4.05. The molecule has 1 saturated heterocycles. The molecule has 1 aliphatic heterocycles. The van der Waals surface area contributed by atoms with Crippen LogP contribution >= 0.6 is 0 Å². The van der Waals surface area contributed by atoms with Crippen LogP contribution in [-0.2, 0) is 15.4 Å². The van der Waals surface area contributed by atoms with Gasteiger partial charge in [0.15, 0.2) is 0 Å². The van der Waals surface area contributed by atoms with Gasteiger partial charge < -0.3 is 0 Å². The lowest BCUT2D eigenvalue weighted by molar-refractivity contribution is 0.169. The highest BCUT2D eigenvalue weighted by atomic mass is 32.2. The van der Waals surface area contributed by atoms with Crippen LogP contribution in [0.25, 0.3) is 0 Å². The van der Waals surface area contributed by atoms with Crippen molar-refractivity contribution >= 4 is 10.0 Å². The fourth-order valence-corrected chi connectivity index (χ4v) is 5.17. The highest BCUT2D eigenvalue weighted by Crippen LogP contribution is 2.31. The van der Waals surface area contributed by atoms with Crippen molar-refractivity contribution in [2.75, 3.05) is 26.2 Å². The van der Waals surface area contributed by atoms with E-state index >= 15 is 0 Å². The zero-order chi connectivity index (χ0) is 19.0. The van der Waals surface area contributed by atoms with Crippen LogP contribution in [0.2, 0.25) is 0 Å². The Kier molecular flexibility index (Phi) is 5.62. The number of benzene rings is 1. The minimum absolute atomic E-state index is 0.0170. The number of hydrogen-bond donors (Lipinski definition) is 0. The SMILES string of the molecule is Cc1cc(C(C)(C)C)cc(C)c1S(=O)(=O)N1CCN([C@H](C)C#N)CC1. The average molecular weight is 364 g/mol. The van der Waals surface area contributed by atoms with Gasteiger partial charge in [-0.3, -0.25) is 4.90 Å². The molecule has 1 aliphatic rings. The summed E-state index contributed by atoms with van der Waals surface area (Å²) >= 11 is 0. The number of aryl methyl sites for hydroxylation is 2. The van der Waals surface area contributed by atoms with Gasteiger partial charge >= 0.3 is 0 Å². The zero-order valence-electron chi connectivity index (χ0n) is 16.1. The molecule has 2 rings (SSSR count). The van der Waals surface area contributed by atoms with Crippen molar-refractivity contribution in [2.45, 2.75) is 57.9 Å². The number of nitriles is 1. The van der Waals surface area contributed by atoms with Crippen molar-refractivity contribution in [3.05, 3.63) is 28.8 Å². The van der Waals surface area contributed by atoms with Crippen LogP contribution in [0.3, 0.4) is 0 Å². The molecule has 1 aromatic rings. The summed E-state index contributed by atoms with van der Waals surface area (Å²) in [5, 5.41) is 9.03. The summed E-state index contributed by atoms with van der Waals surface area (Å²) in [6.45, 7) is 14.0. The second-order valence-corrected chi connectivity index (χ2v) is 9.81. The summed E-state index contributed by atoms with van der Waals surface area (Å²) in [7, 11) is -3.52. The molecule has 5 nitrogen and oxygen atoms in total. The second-order valence-electron chi connectivity index (χ2n) is 7.93. The first-order valence-corrected chi connectivity index (χ1v) is 10.2. The van der Waals surface area contributed by atoms with Crippen molar-refractivity contribution in [1.82, 2.24) is 9.21 Å². The summed E-state index contributed by atoms with van der Waals surface area (Å²) in [5.74, 6) is 0. The predicted octanol–water partition coefficient (Wildman–Crippen LogP) is 2.82. The number of rotatable bonds is 3. The Morgan fingerprint density at radius 3 is 1.96 bits per heavy atom. The van der Waals surface area contributed by atoms with E-state index in [1.807, 2.05) is 37.8 Å². The Hall–Kier alpha value is -1.42.